The fraction of sp³-hybridized carbons (Fsp3) is 0.429. The second-order valence-electron chi connectivity index (χ2n) is 12.1. The van der Waals surface area contributed by atoms with Crippen molar-refractivity contribution in [3.63, 3.8) is 0 Å². The van der Waals surface area contributed by atoms with Crippen LogP contribution in [0.4, 0.5) is 0 Å². The van der Waals surface area contributed by atoms with Gasteiger partial charge in [-0.2, -0.15) is 0 Å². The lowest BCUT2D eigenvalue weighted by Crippen LogP contribution is -2.35. The number of Topliss-reactive ketones (excluding diaryl/α,β-unsaturated/α-hetero) is 1. The Labute approximate surface area is 268 Å². The average molecular weight is 631 g/mol. The second-order valence-corrected chi connectivity index (χ2v) is 12.1. The van der Waals surface area contributed by atoms with Gasteiger partial charge in [-0.25, -0.2) is 0 Å². The summed E-state index contributed by atoms with van der Waals surface area (Å²) in [4.78, 5) is 19.1. The number of ketones is 1. The van der Waals surface area contributed by atoms with Crippen LogP contribution in [0.2, 0.25) is 0 Å². The summed E-state index contributed by atoms with van der Waals surface area (Å²) in [6.07, 6.45) is 1.99. The van der Waals surface area contributed by atoms with Crippen molar-refractivity contribution >= 4 is 12.0 Å². The van der Waals surface area contributed by atoms with Crippen molar-refractivity contribution in [3.05, 3.63) is 75.6 Å². The first kappa shape index (κ1) is 33.2. The number of carbonyl (C=O) groups excluding carboxylic acids is 1. The first-order chi connectivity index (χ1) is 22.0. The van der Waals surface area contributed by atoms with Gasteiger partial charge in [-0.15, -0.1) is 0 Å². The smallest absolute Gasteiger partial charge is 0.183 e. The van der Waals surface area contributed by atoms with Gasteiger partial charge in [-0.3, -0.25) is 9.79 Å². The van der Waals surface area contributed by atoms with E-state index in [1.807, 2.05) is 30.3 Å². The van der Waals surface area contributed by atoms with Crippen LogP contribution < -0.4 is 16.2 Å². The first-order valence-electron chi connectivity index (χ1n) is 15.7. The van der Waals surface area contributed by atoms with Gasteiger partial charge in [0, 0.05) is 43.4 Å². The highest BCUT2D eigenvalue weighted by molar-refractivity contribution is 5.87. The maximum absolute atomic E-state index is 12.5. The summed E-state index contributed by atoms with van der Waals surface area (Å²) in [5.41, 5.74) is 17.3. The van der Waals surface area contributed by atoms with Crippen LogP contribution in [0.5, 0.6) is 17.2 Å². The molecule has 0 saturated heterocycles. The van der Waals surface area contributed by atoms with Gasteiger partial charge in [-0.05, 0) is 59.6 Å². The lowest BCUT2D eigenvalue weighted by Gasteiger charge is -2.28. The van der Waals surface area contributed by atoms with E-state index in [2.05, 4.69) is 16.8 Å². The minimum absolute atomic E-state index is 0.0544. The van der Waals surface area contributed by atoms with Gasteiger partial charge in [0.1, 0.15) is 17.6 Å². The molecule has 0 fully saturated rings. The molecule has 2 aromatic rings. The molecular weight excluding hydrogens is 588 g/mol. The number of hydrogen-bond acceptors (Lipinski definition) is 11. The monoisotopic (exact) mass is 630 g/mol. The molecule has 0 saturated carbocycles. The third kappa shape index (κ3) is 7.78. The number of aliphatic hydroxyl groups is 3. The quantitative estimate of drug-likeness (QED) is 0.135. The third-order valence-corrected chi connectivity index (χ3v) is 8.52. The van der Waals surface area contributed by atoms with E-state index in [-0.39, 0.29) is 55.1 Å². The molecule has 0 radical (unpaired) electrons. The molecule has 9 N–H and O–H groups in total. The summed E-state index contributed by atoms with van der Waals surface area (Å²) >= 11 is 0. The van der Waals surface area contributed by atoms with Crippen molar-refractivity contribution in [1.82, 2.24) is 4.90 Å². The first-order valence-corrected chi connectivity index (χ1v) is 15.7. The van der Waals surface area contributed by atoms with Crippen molar-refractivity contribution in [2.24, 2.45) is 16.5 Å². The van der Waals surface area contributed by atoms with Crippen LogP contribution in [-0.4, -0.2) is 67.4 Å². The molecule has 2 bridgehead atoms. The number of ether oxygens (including phenoxy) is 1. The number of nitrogens with zero attached hydrogens (tertiary/aromatic N) is 2. The molecular formula is C35H42N4O7. The predicted octanol–water partition coefficient (Wildman–Crippen LogP) is 2.74. The minimum Gasteiger partial charge on any atom is -0.508 e. The molecule has 4 atom stereocenters. The second kappa shape index (κ2) is 14.5. The minimum atomic E-state index is -1.07. The molecule has 0 aromatic heterocycles. The van der Waals surface area contributed by atoms with Crippen molar-refractivity contribution < 1.29 is 35.1 Å². The van der Waals surface area contributed by atoms with E-state index in [0.717, 1.165) is 34.4 Å². The number of phenolic OH excluding ortho intramolecular Hbond substituents is 2. The molecule has 244 valence electrons. The Morgan fingerprint density at radius 3 is 2.72 bits per heavy atom. The van der Waals surface area contributed by atoms with Crippen LogP contribution >= 0.6 is 0 Å². The van der Waals surface area contributed by atoms with E-state index >= 15 is 0 Å². The summed E-state index contributed by atoms with van der Waals surface area (Å²) in [5.74, 6) is 5.39. The molecule has 0 aliphatic carbocycles. The Morgan fingerprint density at radius 1 is 1.15 bits per heavy atom. The van der Waals surface area contributed by atoms with Gasteiger partial charge in [0.15, 0.2) is 17.7 Å². The van der Waals surface area contributed by atoms with E-state index in [9.17, 15) is 30.3 Å². The molecule has 0 unspecified atom stereocenters. The lowest BCUT2D eigenvalue weighted by atomic mass is 9.92. The largest absolute Gasteiger partial charge is 0.508 e. The molecule has 11 nitrogen and oxygen atoms in total. The number of hydrogen-bond donors (Lipinski definition) is 7. The van der Waals surface area contributed by atoms with E-state index in [1.54, 1.807) is 12.1 Å². The van der Waals surface area contributed by atoms with Crippen LogP contribution in [0.1, 0.15) is 80.0 Å². The molecule has 3 heterocycles. The van der Waals surface area contributed by atoms with Crippen molar-refractivity contribution in [3.8, 4) is 29.1 Å². The summed E-state index contributed by atoms with van der Waals surface area (Å²) in [6.45, 7) is 2.42. The highest BCUT2D eigenvalue weighted by atomic mass is 16.5. The molecule has 2 aromatic carbocycles. The molecule has 46 heavy (non-hydrogen) atoms. The van der Waals surface area contributed by atoms with Crippen molar-refractivity contribution in [2.75, 3.05) is 6.54 Å². The summed E-state index contributed by atoms with van der Waals surface area (Å²) in [7, 11) is 0. The van der Waals surface area contributed by atoms with Crippen molar-refractivity contribution in [1.29, 1.82) is 0 Å². The number of aromatic hydroxyl groups is 2. The standard InChI is InChI=1S/C35H42N4O7/c1-2-4-24(40)14-26(42)15-25(41)9-7-20-13-33(32(45)16-31(20)44)46-34-6-3-5-30(43)27-10-8-21(35(36)37)11-22(27)12-23-17-38-29-19-39(34)18-28(23)29/h8,10-11,13,16-17,19,24,26,30,34-35,40,42-45H,2,4,6-7,9,12,14-15,18,36-37H2,1H3/t24-,26+,30-,34+/m0/s1. The summed E-state index contributed by atoms with van der Waals surface area (Å²) < 4.78 is 6.29. The third-order valence-electron chi connectivity index (χ3n) is 8.52. The Bertz CT molecular complexity index is 1620. The number of benzene rings is 2. The van der Waals surface area contributed by atoms with E-state index < -0.39 is 30.7 Å². The normalized spacial score (nSPS) is 20.0. The van der Waals surface area contributed by atoms with Gasteiger partial charge >= 0.3 is 0 Å². The zero-order valence-corrected chi connectivity index (χ0v) is 25.9. The Hall–Kier alpha value is -4.18. The van der Waals surface area contributed by atoms with E-state index in [0.29, 0.717) is 30.5 Å². The Kier molecular flexibility index (Phi) is 10.5. The number of aliphatic imine (C=N–C) groups is 1. The van der Waals surface area contributed by atoms with Gasteiger partial charge in [0.25, 0.3) is 0 Å². The van der Waals surface area contributed by atoms with Crippen LogP contribution in [0, 0.1) is 11.8 Å². The van der Waals surface area contributed by atoms with Gasteiger partial charge in [0.05, 0.1) is 30.5 Å². The Balaban J connectivity index is 1.34. The molecule has 0 amide bonds. The molecule has 3 aliphatic rings. The lowest BCUT2D eigenvalue weighted by molar-refractivity contribution is -0.121. The van der Waals surface area contributed by atoms with Gasteiger partial charge < -0.3 is 46.6 Å². The van der Waals surface area contributed by atoms with E-state index in [4.69, 9.17) is 16.2 Å². The molecule has 0 spiro atoms. The molecule has 5 rings (SSSR count). The highest BCUT2D eigenvalue weighted by Crippen LogP contribution is 2.38. The van der Waals surface area contributed by atoms with E-state index in [1.165, 1.54) is 12.1 Å². The van der Waals surface area contributed by atoms with Crippen LogP contribution in [-0.2, 0) is 17.6 Å². The number of allylic oxidation sites excluding steroid dienone is 1. The maximum Gasteiger partial charge on any atom is 0.183 e. The number of fused-ring (bicyclic) bond motifs is 2. The highest BCUT2D eigenvalue weighted by Gasteiger charge is 2.31. The average Bonchev–Trinajstić information content (AvgIpc) is 3.58. The van der Waals surface area contributed by atoms with Gasteiger partial charge in [-0.1, -0.05) is 43.4 Å². The maximum atomic E-state index is 12.5. The molecule has 3 aliphatic heterocycles. The van der Waals surface area contributed by atoms with Crippen LogP contribution in [0.25, 0.3) is 0 Å². The zero-order chi connectivity index (χ0) is 33.0. The van der Waals surface area contributed by atoms with Gasteiger partial charge in [0.2, 0.25) is 0 Å². The topological polar surface area (TPSA) is 195 Å². The molecule has 11 heteroatoms. The summed E-state index contributed by atoms with van der Waals surface area (Å²) in [6, 6.07) is 8.16. The SMILES string of the molecule is CCC[C@H](O)C[C@@H](O)CC(=O)CCc1cc(O[C@@H]2CC#C[C@H](O)c3ccc(C(N)N)cc3CC3=C4CN2C=C4N=C3)c(O)cc1O. The van der Waals surface area contributed by atoms with Crippen LogP contribution in [0.3, 0.4) is 0 Å². The van der Waals surface area contributed by atoms with Crippen LogP contribution in [0.15, 0.2) is 58.4 Å². The Morgan fingerprint density at radius 2 is 1.96 bits per heavy atom. The number of aliphatic hydroxyl groups excluding tert-OH is 3. The zero-order valence-electron chi connectivity index (χ0n) is 25.9. The van der Waals surface area contributed by atoms with Crippen molar-refractivity contribution in [2.45, 2.75) is 89.0 Å². The number of phenols is 2. The number of aryl methyl sites for hydroxylation is 1. The number of nitrogens with two attached hydrogens (primary N) is 2. The predicted molar refractivity (Wildman–Crippen MR) is 173 cm³/mol. The number of carbonyl (C=O) groups is 1. The number of rotatable bonds is 12. The summed E-state index contributed by atoms with van der Waals surface area (Å²) in [5, 5.41) is 52.4. The fourth-order valence-corrected chi connectivity index (χ4v) is 6.02. The fourth-order valence-electron chi connectivity index (χ4n) is 6.02.